The quantitative estimate of drug-likeness (QED) is 0.525. The molecule has 3 nitrogen and oxygen atoms in total. The number of piperidine rings is 1. The Balaban J connectivity index is 0. The largest absolute Gasteiger partial charge is 0.306 e. The first-order chi connectivity index (χ1) is 4.83. The molecule has 1 aliphatic heterocycles. The van der Waals surface area contributed by atoms with E-state index in [-0.39, 0.29) is 24.8 Å². The van der Waals surface area contributed by atoms with Gasteiger partial charge in [0.2, 0.25) is 0 Å². The molecule has 0 saturated carbocycles. The number of hydrogen-bond donors (Lipinski definition) is 2. The number of halogens is 2. The lowest BCUT2D eigenvalue weighted by atomic mass is 9.98. The maximum atomic E-state index is 5.23. The van der Waals surface area contributed by atoms with Crippen molar-refractivity contribution in [3.05, 3.63) is 0 Å². The van der Waals surface area contributed by atoms with Gasteiger partial charge in [-0.3, -0.25) is 11.3 Å². The molecule has 0 spiro atoms. The lowest BCUT2D eigenvalue weighted by Crippen LogP contribution is -2.36. The Bertz CT molecular complexity index is 94.7. The van der Waals surface area contributed by atoms with Gasteiger partial charge in [0.15, 0.2) is 0 Å². The van der Waals surface area contributed by atoms with E-state index in [0.29, 0.717) is 0 Å². The highest BCUT2D eigenvalue weighted by molar-refractivity contribution is 5.85. The first-order valence-corrected chi connectivity index (χ1v) is 3.95. The number of nitrogens with one attached hydrogen (secondary N) is 1. The summed E-state index contributed by atoms with van der Waals surface area (Å²) in [5.41, 5.74) is 2.73. The van der Waals surface area contributed by atoms with Crippen LogP contribution >= 0.6 is 24.8 Å². The second-order valence-electron chi connectivity index (χ2n) is 3.15. The van der Waals surface area contributed by atoms with Crippen LogP contribution in [0.15, 0.2) is 0 Å². The summed E-state index contributed by atoms with van der Waals surface area (Å²) in [7, 11) is 2.17. The molecule has 1 saturated heterocycles. The van der Waals surface area contributed by atoms with Crippen molar-refractivity contribution in [2.24, 2.45) is 11.8 Å². The molecule has 1 fully saturated rings. The van der Waals surface area contributed by atoms with Gasteiger partial charge in [0.1, 0.15) is 0 Å². The first-order valence-electron chi connectivity index (χ1n) is 3.95. The number of hydrazine groups is 1. The van der Waals surface area contributed by atoms with Gasteiger partial charge in [0, 0.05) is 6.54 Å². The van der Waals surface area contributed by atoms with E-state index < -0.39 is 0 Å². The summed E-state index contributed by atoms with van der Waals surface area (Å²) in [4.78, 5) is 2.37. The van der Waals surface area contributed by atoms with Crippen LogP contribution in [0.1, 0.15) is 12.8 Å². The molecule has 3 N–H and O–H groups in total. The third kappa shape index (κ3) is 5.17. The van der Waals surface area contributed by atoms with Crippen LogP contribution in [0.2, 0.25) is 0 Å². The van der Waals surface area contributed by atoms with Crippen molar-refractivity contribution in [1.82, 2.24) is 10.3 Å². The zero-order valence-electron chi connectivity index (χ0n) is 7.45. The number of nitrogens with zero attached hydrogens (tertiary/aromatic N) is 1. The highest BCUT2D eigenvalue weighted by Crippen LogP contribution is 2.13. The van der Waals surface area contributed by atoms with Crippen molar-refractivity contribution in [2.75, 3.05) is 26.7 Å². The van der Waals surface area contributed by atoms with Crippen LogP contribution in [-0.4, -0.2) is 31.6 Å². The molecule has 0 unspecified atom stereocenters. The smallest absolute Gasteiger partial charge is 0.0127 e. The van der Waals surface area contributed by atoms with Gasteiger partial charge in [0.05, 0.1) is 0 Å². The predicted molar refractivity (Wildman–Crippen MR) is 56.9 cm³/mol. The van der Waals surface area contributed by atoms with E-state index in [9.17, 15) is 0 Å². The minimum atomic E-state index is 0. The number of likely N-dealkylation sites (tertiary alicyclic amines) is 1. The molecule has 12 heavy (non-hydrogen) atoms. The van der Waals surface area contributed by atoms with E-state index in [1.54, 1.807) is 0 Å². The van der Waals surface area contributed by atoms with E-state index >= 15 is 0 Å². The highest BCUT2D eigenvalue weighted by atomic mass is 35.5. The fourth-order valence-corrected chi connectivity index (χ4v) is 1.43. The summed E-state index contributed by atoms with van der Waals surface area (Å²) in [5.74, 6) is 6.04. The van der Waals surface area contributed by atoms with Crippen molar-refractivity contribution in [3.63, 3.8) is 0 Å². The predicted octanol–water partition coefficient (Wildman–Crippen LogP) is 0.635. The monoisotopic (exact) mass is 215 g/mol. The lowest BCUT2D eigenvalue weighted by Gasteiger charge is -2.28. The second kappa shape index (κ2) is 8.08. The molecular formula is C7H19Cl2N3. The fourth-order valence-electron chi connectivity index (χ4n) is 1.43. The molecular weight excluding hydrogens is 197 g/mol. The normalized spacial score (nSPS) is 19.5. The Kier molecular flexibility index (Phi) is 10.1. The Morgan fingerprint density at radius 3 is 2.25 bits per heavy atom. The molecule has 0 aromatic heterocycles. The van der Waals surface area contributed by atoms with E-state index in [4.69, 9.17) is 5.84 Å². The maximum Gasteiger partial charge on any atom is 0.0127 e. The average molecular weight is 216 g/mol. The molecule has 1 rings (SSSR count). The van der Waals surface area contributed by atoms with Gasteiger partial charge in [0.25, 0.3) is 0 Å². The number of rotatable bonds is 2. The van der Waals surface area contributed by atoms with Gasteiger partial charge in [-0.1, -0.05) is 0 Å². The average Bonchev–Trinajstić information content (AvgIpc) is 1.95. The van der Waals surface area contributed by atoms with Crippen LogP contribution < -0.4 is 11.3 Å². The van der Waals surface area contributed by atoms with Crippen LogP contribution in [-0.2, 0) is 0 Å². The lowest BCUT2D eigenvalue weighted by molar-refractivity contribution is 0.216. The van der Waals surface area contributed by atoms with Crippen LogP contribution in [0.3, 0.4) is 0 Å². The zero-order valence-corrected chi connectivity index (χ0v) is 9.09. The number of nitrogens with two attached hydrogens (primary N) is 1. The summed E-state index contributed by atoms with van der Waals surface area (Å²) in [5, 5.41) is 0. The fraction of sp³-hybridized carbons (Fsp3) is 1.00. The number of hydrogen-bond acceptors (Lipinski definition) is 3. The van der Waals surface area contributed by atoms with Crippen LogP contribution in [0.4, 0.5) is 0 Å². The van der Waals surface area contributed by atoms with Gasteiger partial charge in [-0.2, -0.15) is 0 Å². The van der Waals surface area contributed by atoms with E-state index in [1.165, 1.54) is 25.9 Å². The molecule has 0 atom stereocenters. The third-order valence-electron chi connectivity index (χ3n) is 2.24. The Morgan fingerprint density at radius 1 is 1.33 bits per heavy atom. The van der Waals surface area contributed by atoms with E-state index in [1.807, 2.05) is 0 Å². The molecule has 1 aliphatic rings. The van der Waals surface area contributed by atoms with Gasteiger partial charge >= 0.3 is 0 Å². The minimum absolute atomic E-state index is 0. The van der Waals surface area contributed by atoms with Gasteiger partial charge < -0.3 is 4.90 Å². The Labute approximate surface area is 86.8 Å². The summed E-state index contributed by atoms with van der Waals surface area (Å²) in [6, 6.07) is 0. The summed E-state index contributed by atoms with van der Waals surface area (Å²) >= 11 is 0. The van der Waals surface area contributed by atoms with Crippen LogP contribution in [0, 0.1) is 5.92 Å². The molecule has 0 aliphatic carbocycles. The minimum Gasteiger partial charge on any atom is -0.306 e. The van der Waals surface area contributed by atoms with Crippen molar-refractivity contribution < 1.29 is 0 Å². The standard InChI is InChI=1S/C7H17N3.2ClH/c1-10-4-2-7(3-5-10)6-9-8;;/h7,9H,2-6,8H2,1H3;2*1H. The molecule has 0 radical (unpaired) electrons. The summed E-state index contributed by atoms with van der Waals surface area (Å²) in [6.07, 6.45) is 2.58. The summed E-state index contributed by atoms with van der Waals surface area (Å²) < 4.78 is 0. The molecule has 1 heterocycles. The van der Waals surface area contributed by atoms with Crippen molar-refractivity contribution in [2.45, 2.75) is 12.8 Å². The van der Waals surface area contributed by atoms with Gasteiger partial charge in [-0.25, -0.2) is 0 Å². The van der Waals surface area contributed by atoms with E-state index in [2.05, 4.69) is 17.4 Å². The molecule has 0 amide bonds. The van der Waals surface area contributed by atoms with Crippen molar-refractivity contribution in [1.29, 1.82) is 0 Å². The molecule has 0 aromatic carbocycles. The van der Waals surface area contributed by atoms with Crippen LogP contribution in [0.5, 0.6) is 0 Å². The molecule has 0 aromatic rings. The zero-order chi connectivity index (χ0) is 7.40. The van der Waals surface area contributed by atoms with Crippen LogP contribution in [0.25, 0.3) is 0 Å². The Hall–Kier alpha value is 0.460. The SMILES string of the molecule is CN1CCC(CNN)CC1.Cl.Cl. The highest BCUT2D eigenvalue weighted by Gasteiger charge is 2.14. The molecule has 5 heteroatoms. The molecule has 76 valence electrons. The maximum absolute atomic E-state index is 5.23. The van der Waals surface area contributed by atoms with Gasteiger partial charge in [-0.05, 0) is 38.9 Å². The van der Waals surface area contributed by atoms with Crippen molar-refractivity contribution in [3.8, 4) is 0 Å². The third-order valence-corrected chi connectivity index (χ3v) is 2.24. The first kappa shape index (κ1) is 15.0. The summed E-state index contributed by atoms with van der Waals surface area (Å²) in [6.45, 7) is 3.44. The van der Waals surface area contributed by atoms with Gasteiger partial charge in [-0.15, -0.1) is 24.8 Å². The second-order valence-corrected chi connectivity index (χ2v) is 3.15. The Morgan fingerprint density at radius 2 is 1.83 bits per heavy atom. The topological polar surface area (TPSA) is 41.3 Å². The molecule has 0 bridgehead atoms. The van der Waals surface area contributed by atoms with E-state index in [0.717, 1.165) is 12.5 Å². The van der Waals surface area contributed by atoms with Crippen molar-refractivity contribution >= 4 is 24.8 Å².